The van der Waals surface area contributed by atoms with E-state index in [1.165, 1.54) is 0 Å². The molecule has 4 nitrogen and oxygen atoms in total. The molecule has 0 aliphatic rings. The summed E-state index contributed by atoms with van der Waals surface area (Å²) in [6, 6.07) is 11.1. The van der Waals surface area contributed by atoms with Crippen molar-refractivity contribution < 1.29 is 19.0 Å². The molecule has 2 aromatic rings. The summed E-state index contributed by atoms with van der Waals surface area (Å²) in [6.07, 6.45) is 6.94. The van der Waals surface area contributed by atoms with Crippen LogP contribution in [0.3, 0.4) is 0 Å². The van der Waals surface area contributed by atoms with Crippen LogP contribution in [0.4, 0.5) is 0 Å². The maximum Gasteiger partial charge on any atom is 0.185 e. The molecule has 0 saturated carbocycles. The Balaban J connectivity index is 2.33. The highest BCUT2D eigenvalue weighted by molar-refractivity contribution is 6.06. The highest BCUT2D eigenvalue weighted by Crippen LogP contribution is 2.40. The predicted molar refractivity (Wildman–Crippen MR) is 132 cm³/mol. The Hall–Kier alpha value is -3.01. The lowest BCUT2D eigenvalue weighted by molar-refractivity contribution is 0.104. The minimum absolute atomic E-state index is 0.0695. The van der Waals surface area contributed by atoms with E-state index >= 15 is 0 Å². The van der Waals surface area contributed by atoms with Crippen LogP contribution < -0.4 is 14.2 Å². The fraction of sp³-hybridized carbons (Fsp3) is 0.393. The molecule has 4 heteroatoms. The second-order valence-electron chi connectivity index (χ2n) is 8.66. The van der Waals surface area contributed by atoms with E-state index < -0.39 is 0 Å². The number of ether oxygens (including phenoxy) is 3. The third kappa shape index (κ3) is 7.30. The monoisotopic (exact) mass is 436 g/mol. The zero-order valence-electron chi connectivity index (χ0n) is 20.1. The smallest absolute Gasteiger partial charge is 0.185 e. The van der Waals surface area contributed by atoms with Gasteiger partial charge in [0.15, 0.2) is 17.3 Å². The average Bonchev–Trinajstić information content (AvgIpc) is 2.78. The number of rotatable bonds is 12. The summed E-state index contributed by atoms with van der Waals surface area (Å²) in [5, 5.41) is 0. The summed E-state index contributed by atoms with van der Waals surface area (Å²) >= 11 is 0. The molecule has 0 aromatic heterocycles. The van der Waals surface area contributed by atoms with Gasteiger partial charge in [-0.05, 0) is 66.3 Å². The quantitative estimate of drug-likeness (QED) is 0.204. The average molecular weight is 437 g/mol. The first-order chi connectivity index (χ1) is 15.3. The van der Waals surface area contributed by atoms with Crippen LogP contribution in [-0.4, -0.2) is 25.6 Å². The van der Waals surface area contributed by atoms with E-state index in [4.69, 9.17) is 14.2 Å². The molecule has 0 atom stereocenters. The third-order valence-electron chi connectivity index (χ3n) is 4.73. The van der Waals surface area contributed by atoms with Crippen LogP contribution in [0, 0.1) is 0 Å². The largest absolute Gasteiger partial charge is 0.490 e. The lowest BCUT2D eigenvalue weighted by Crippen LogP contribution is -2.15. The van der Waals surface area contributed by atoms with Gasteiger partial charge in [0.05, 0.1) is 13.2 Å². The molecule has 0 N–H and O–H groups in total. The van der Waals surface area contributed by atoms with Crippen molar-refractivity contribution in [3.05, 3.63) is 71.8 Å². The van der Waals surface area contributed by atoms with E-state index in [9.17, 15) is 4.79 Å². The summed E-state index contributed by atoms with van der Waals surface area (Å²) in [5.41, 5.74) is 2.44. The molecule has 172 valence electrons. The number of carbonyl (C=O) groups is 1. The molecule has 0 unspecified atom stereocenters. The Bertz CT molecular complexity index is 918. The van der Waals surface area contributed by atoms with Crippen LogP contribution in [0.25, 0.3) is 6.08 Å². The van der Waals surface area contributed by atoms with Gasteiger partial charge in [0.2, 0.25) is 0 Å². The molecule has 0 aliphatic carbocycles. The van der Waals surface area contributed by atoms with Crippen LogP contribution in [0.1, 0.15) is 68.9 Å². The lowest BCUT2D eigenvalue weighted by Gasteiger charge is -2.25. The Morgan fingerprint density at radius 2 is 1.62 bits per heavy atom. The van der Waals surface area contributed by atoms with Gasteiger partial charge in [-0.3, -0.25) is 4.79 Å². The van der Waals surface area contributed by atoms with Crippen molar-refractivity contribution in [1.82, 2.24) is 0 Å². The van der Waals surface area contributed by atoms with Gasteiger partial charge in [0, 0.05) is 11.1 Å². The molecule has 0 amide bonds. The number of benzene rings is 2. The molecule has 0 bridgehead atoms. The van der Waals surface area contributed by atoms with E-state index in [0.717, 1.165) is 35.5 Å². The minimum Gasteiger partial charge on any atom is -0.490 e. The van der Waals surface area contributed by atoms with Gasteiger partial charge >= 0.3 is 0 Å². The van der Waals surface area contributed by atoms with Crippen molar-refractivity contribution in [1.29, 1.82) is 0 Å². The molecular formula is C28H36O4. The molecule has 0 aliphatic heterocycles. The summed E-state index contributed by atoms with van der Waals surface area (Å²) in [4.78, 5) is 12.7. The summed E-state index contributed by atoms with van der Waals surface area (Å²) < 4.78 is 17.6. The molecule has 0 radical (unpaired) electrons. The molecule has 0 fully saturated rings. The van der Waals surface area contributed by atoms with E-state index in [0.29, 0.717) is 31.1 Å². The Labute approximate surface area is 192 Å². The molecule has 0 heterocycles. The van der Waals surface area contributed by atoms with Crippen LogP contribution in [0.2, 0.25) is 0 Å². The van der Waals surface area contributed by atoms with Gasteiger partial charge in [-0.15, -0.1) is 0 Å². The molecule has 0 saturated heterocycles. The molecule has 2 aromatic carbocycles. The first kappa shape index (κ1) is 25.3. The number of hydrogen-bond donors (Lipinski definition) is 0. The van der Waals surface area contributed by atoms with Gasteiger partial charge in [0.1, 0.15) is 12.4 Å². The second kappa shape index (κ2) is 12.1. The van der Waals surface area contributed by atoms with Crippen LogP contribution >= 0.6 is 0 Å². The fourth-order valence-corrected chi connectivity index (χ4v) is 3.09. The highest BCUT2D eigenvalue weighted by atomic mass is 16.5. The second-order valence-corrected chi connectivity index (χ2v) is 8.66. The van der Waals surface area contributed by atoms with Crippen molar-refractivity contribution >= 4 is 11.9 Å². The SMILES string of the molecule is C=CCOc1ccc(C(=O)C=Cc2cc(OCCC)c(OCCC)c(C(C)(C)C)c2)cc1. The topological polar surface area (TPSA) is 44.8 Å². The zero-order valence-corrected chi connectivity index (χ0v) is 20.1. The first-order valence-electron chi connectivity index (χ1n) is 11.3. The Morgan fingerprint density at radius 3 is 2.22 bits per heavy atom. The molecule has 32 heavy (non-hydrogen) atoms. The number of hydrogen-bond acceptors (Lipinski definition) is 4. The molecular weight excluding hydrogens is 400 g/mol. The van der Waals surface area contributed by atoms with Gasteiger partial charge < -0.3 is 14.2 Å². The molecule has 2 rings (SSSR count). The van der Waals surface area contributed by atoms with Gasteiger partial charge in [0.25, 0.3) is 0 Å². The fourth-order valence-electron chi connectivity index (χ4n) is 3.09. The summed E-state index contributed by atoms with van der Waals surface area (Å²) in [5.74, 6) is 2.16. The molecule has 0 spiro atoms. The van der Waals surface area contributed by atoms with Crippen LogP contribution in [-0.2, 0) is 5.41 Å². The van der Waals surface area contributed by atoms with Crippen molar-refractivity contribution in [3.8, 4) is 17.2 Å². The highest BCUT2D eigenvalue weighted by Gasteiger charge is 2.23. The first-order valence-corrected chi connectivity index (χ1v) is 11.3. The Kier molecular flexibility index (Phi) is 9.58. The minimum atomic E-state index is -0.136. The van der Waals surface area contributed by atoms with Crippen LogP contribution in [0.15, 0.2) is 55.1 Å². The third-order valence-corrected chi connectivity index (χ3v) is 4.73. The van der Waals surface area contributed by atoms with E-state index in [1.807, 2.05) is 12.1 Å². The van der Waals surface area contributed by atoms with Crippen molar-refractivity contribution in [3.63, 3.8) is 0 Å². The van der Waals surface area contributed by atoms with Gasteiger partial charge in [-0.25, -0.2) is 0 Å². The van der Waals surface area contributed by atoms with Crippen molar-refractivity contribution in [2.45, 2.75) is 52.9 Å². The number of ketones is 1. The zero-order chi connectivity index (χ0) is 23.6. The standard InChI is InChI=1S/C28H36O4/c1-7-16-30-23-13-11-22(12-14-23)25(29)15-10-21-19-24(28(4,5)6)27(32-18-9-3)26(20-21)31-17-8-2/h7,10-15,19-20H,1,8-9,16-18H2,2-6H3. The van der Waals surface area contributed by atoms with Crippen molar-refractivity contribution in [2.75, 3.05) is 19.8 Å². The van der Waals surface area contributed by atoms with Gasteiger partial charge in [-0.1, -0.05) is 53.3 Å². The predicted octanol–water partition coefficient (Wildman–Crippen LogP) is 7.02. The number of carbonyl (C=O) groups excluding carboxylic acids is 1. The van der Waals surface area contributed by atoms with E-state index in [-0.39, 0.29) is 11.2 Å². The van der Waals surface area contributed by atoms with E-state index in [1.54, 1.807) is 36.4 Å². The lowest BCUT2D eigenvalue weighted by atomic mass is 9.85. The summed E-state index contributed by atoms with van der Waals surface area (Å²) in [7, 11) is 0. The maximum absolute atomic E-state index is 12.7. The normalized spacial score (nSPS) is 11.4. The summed E-state index contributed by atoms with van der Waals surface area (Å²) in [6.45, 7) is 15.9. The van der Waals surface area contributed by atoms with Gasteiger partial charge in [-0.2, -0.15) is 0 Å². The van der Waals surface area contributed by atoms with Crippen LogP contribution in [0.5, 0.6) is 17.2 Å². The maximum atomic E-state index is 12.7. The van der Waals surface area contributed by atoms with E-state index in [2.05, 4.69) is 47.3 Å². The number of allylic oxidation sites excluding steroid dienone is 1. The Morgan fingerprint density at radius 1 is 0.969 bits per heavy atom. The van der Waals surface area contributed by atoms with Crippen molar-refractivity contribution in [2.24, 2.45) is 0 Å².